The van der Waals surface area contributed by atoms with E-state index in [-0.39, 0.29) is 12.4 Å². The molecule has 3 aromatic rings. The highest BCUT2D eigenvalue weighted by molar-refractivity contribution is 7.91. The molecule has 0 bridgehead atoms. The summed E-state index contributed by atoms with van der Waals surface area (Å²) < 4.78 is 34.1. The van der Waals surface area contributed by atoms with Gasteiger partial charge in [0, 0.05) is 35.8 Å². The van der Waals surface area contributed by atoms with Crippen LogP contribution in [-0.4, -0.2) is 64.9 Å². The number of hydrogen-bond donors (Lipinski definition) is 1. The second kappa shape index (κ2) is 8.15. The van der Waals surface area contributed by atoms with Gasteiger partial charge in [0.2, 0.25) is 0 Å². The Bertz CT molecular complexity index is 1440. The molecule has 0 saturated carbocycles. The second-order valence-corrected chi connectivity index (χ2v) is 10.5. The minimum absolute atomic E-state index is 0.00362. The summed E-state index contributed by atoms with van der Waals surface area (Å²) in [5.41, 5.74) is 4.73. The van der Waals surface area contributed by atoms with Gasteiger partial charge in [-0.25, -0.2) is 18.8 Å². The predicted octanol–water partition coefficient (Wildman–Crippen LogP) is 3.02. The van der Waals surface area contributed by atoms with Gasteiger partial charge in [-0.3, -0.25) is 0 Å². The summed E-state index contributed by atoms with van der Waals surface area (Å²) in [7, 11) is -2.57. The van der Waals surface area contributed by atoms with Crippen LogP contribution in [0.25, 0.3) is 5.69 Å². The molecule has 5 rings (SSSR count). The van der Waals surface area contributed by atoms with Crippen molar-refractivity contribution < 1.29 is 23.1 Å². The van der Waals surface area contributed by atoms with Crippen molar-refractivity contribution in [2.24, 2.45) is 0 Å². The standard InChI is InChI=1S/C23H26N6O5S/c1-14-11-17(34-4)5-6-19(14)26-9-7-18-20(12-15(2)24-22(18)26)27-10-8-21(25-27)28-13-16(3)29(23(30)31)35(28,32)33/h5-6,8,10-12,16H,7,9,13H2,1-4H3,(H,30,31). The third-order valence-electron chi connectivity index (χ3n) is 6.37. The Morgan fingerprint density at radius 1 is 1.17 bits per heavy atom. The largest absolute Gasteiger partial charge is 0.497 e. The summed E-state index contributed by atoms with van der Waals surface area (Å²) in [6.07, 6.45) is 0.927. The second-order valence-electron chi connectivity index (χ2n) is 8.72. The first-order valence-corrected chi connectivity index (χ1v) is 12.5. The Labute approximate surface area is 203 Å². The van der Waals surface area contributed by atoms with E-state index >= 15 is 0 Å². The Kier molecular flexibility index (Phi) is 5.35. The van der Waals surface area contributed by atoms with Crippen LogP contribution in [0.2, 0.25) is 0 Å². The van der Waals surface area contributed by atoms with Gasteiger partial charge in [0.25, 0.3) is 0 Å². The van der Waals surface area contributed by atoms with Gasteiger partial charge in [0.15, 0.2) is 5.82 Å². The van der Waals surface area contributed by atoms with E-state index in [1.54, 1.807) is 31.0 Å². The fourth-order valence-corrected chi connectivity index (χ4v) is 6.45. The average molecular weight is 499 g/mol. The molecule has 2 aromatic heterocycles. The molecular weight excluding hydrogens is 472 g/mol. The van der Waals surface area contributed by atoms with Crippen LogP contribution < -0.4 is 13.9 Å². The number of aryl methyl sites for hydroxylation is 2. The van der Waals surface area contributed by atoms with E-state index in [1.807, 2.05) is 38.1 Å². The minimum Gasteiger partial charge on any atom is -0.497 e. The number of carbonyl (C=O) groups is 1. The summed E-state index contributed by atoms with van der Waals surface area (Å²) >= 11 is 0. The lowest BCUT2D eigenvalue weighted by Crippen LogP contribution is -2.38. The molecule has 1 aromatic carbocycles. The fraction of sp³-hybridized carbons (Fsp3) is 0.348. The first kappa shape index (κ1) is 23.0. The Balaban J connectivity index is 1.52. The molecule has 12 heteroatoms. The fourth-order valence-electron chi connectivity index (χ4n) is 4.78. The highest BCUT2D eigenvalue weighted by Crippen LogP contribution is 2.39. The van der Waals surface area contributed by atoms with Crippen molar-refractivity contribution in [3.63, 3.8) is 0 Å². The highest BCUT2D eigenvalue weighted by atomic mass is 32.2. The topological polar surface area (TPSA) is 121 Å². The number of ether oxygens (including phenoxy) is 1. The molecule has 1 fully saturated rings. The van der Waals surface area contributed by atoms with Crippen LogP contribution >= 0.6 is 0 Å². The van der Waals surface area contributed by atoms with Crippen LogP contribution in [0, 0.1) is 13.8 Å². The molecule has 184 valence electrons. The lowest BCUT2D eigenvalue weighted by Gasteiger charge is -2.22. The number of fused-ring (bicyclic) bond motifs is 1. The summed E-state index contributed by atoms with van der Waals surface area (Å²) in [5, 5.41) is 13.9. The number of benzene rings is 1. The number of hydrogen-bond acceptors (Lipinski definition) is 7. The van der Waals surface area contributed by atoms with E-state index < -0.39 is 22.3 Å². The third-order valence-corrected chi connectivity index (χ3v) is 8.27. The SMILES string of the molecule is COc1ccc(N2CCc3c(-n4ccc(N5CC(C)N(C(=O)O)S5(=O)=O)n4)cc(C)nc32)c(C)c1. The number of nitrogens with zero attached hydrogens (tertiary/aromatic N) is 6. The van der Waals surface area contributed by atoms with E-state index in [0.717, 1.165) is 57.0 Å². The van der Waals surface area contributed by atoms with E-state index in [1.165, 1.54) is 0 Å². The van der Waals surface area contributed by atoms with Crippen molar-refractivity contribution in [3.05, 3.63) is 53.3 Å². The summed E-state index contributed by atoms with van der Waals surface area (Å²) in [6.45, 7) is 6.24. The van der Waals surface area contributed by atoms with Gasteiger partial charge >= 0.3 is 16.3 Å². The first-order chi connectivity index (χ1) is 16.6. The molecule has 1 saturated heterocycles. The van der Waals surface area contributed by atoms with Gasteiger partial charge in [0.1, 0.15) is 11.6 Å². The van der Waals surface area contributed by atoms with Crippen LogP contribution in [0.1, 0.15) is 23.7 Å². The number of pyridine rings is 1. The summed E-state index contributed by atoms with van der Waals surface area (Å²) in [5.74, 6) is 1.80. The molecule has 11 nitrogen and oxygen atoms in total. The monoisotopic (exact) mass is 498 g/mol. The Morgan fingerprint density at radius 2 is 1.94 bits per heavy atom. The molecule has 2 aliphatic heterocycles. The molecule has 1 amide bonds. The smallest absolute Gasteiger partial charge is 0.422 e. The molecule has 0 spiro atoms. The predicted molar refractivity (Wildman–Crippen MR) is 130 cm³/mol. The lowest BCUT2D eigenvalue weighted by molar-refractivity contribution is 0.167. The van der Waals surface area contributed by atoms with Crippen molar-refractivity contribution >= 4 is 33.6 Å². The molecule has 0 aliphatic carbocycles. The zero-order valence-electron chi connectivity index (χ0n) is 19.8. The molecule has 4 heterocycles. The maximum atomic E-state index is 12.8. The Morgan fingerprint density at radius 3 is 2.60 bits per heavy atom. The van der Waals surface area contributed by atoms with Gasteiger partial charge < -0.3 is 14.7 Å². The number of carboxylic acid groups (broad SMARTS) is 1. The zero-order valence-corrected chi connectivity index (χ0v) is 20.7. The van der Waals surface area contributed by atoms with Crippen LogP contribution in [-0.2, 0) is 16.6 Å². The maximum Gasteiger partial charge on any atom is 0.422 e. The van der Waals surface area contributed by atoms with E-state index in [2.05, 4.69) is 10.00 Å². The van der Waals surface area contributed by atoms with Gasteiger partial charge in [0.05, 0.1) is 25.4 Å². The summed E-state index contributed by atoms with van der Waals surface area (Å²) in [4.78, 5) is 18.5. The number of methoxy groups -OCH3 is 1. The normalized spacial score (nSPS) is 18.7. The zero-order chi connectivity index (χ0) is 25.1. The van der Waals surface area contributed by atoms with E-state index in [0.29, 0.717) is 4.31 Å². The van der Waals surface area contributed by atoms with Gasteiger partial charge in [-0.1, -0.05) is 0 Å². The van der Waals surface area contributed by atoms with Crippen LogP contribution in [0.3, 0.4) is 0 Å². The van der Waals surface area contributed by atoms with Gasteiger partial charge in [-0.15, -0.1) is 5.10 Å². The minimum atomic E-state index is -4.21. The van der Waals surface area contributed by atoms with Crippen molar-refractivity contribution in [1.82, 2.24) is 19.1 Å². The van der Waals surface area contributed by atoms with Crippen molar-refractivity contribution in [1.29, 1.82) is 0 Å². The molecule has 35 heavy (non-hydrogen) atoms. The van der Waals surface area contributed by atoms with E-state index in [4.69, 9.17) is 9.72 Å². The number of aromatic nitrogens is 3. The molecule has 2 aliphatic rings. The molecule has 1 N–H and O–H groups in total. The van der Waals surface area contributed by atoms with Gasteiger partial charge in [-0.05, 0) is 57.0 Å². The lowest BCUT2D eigenvalue weighted by atomic mass is 10.1. The molecule has 1 atom stereocenters. The number of anilines is 3. The first-order valence-electron chi connectivity index (χ1n) is 11.2. The molecular formula is C23H26N6O5S. The van der Waals surface area contributed by atoms with Crippen LogP contribution in [0.4, 0.5) is 22.1 Å². The average Bonchev–Trinajstić information content (AvgIpc) is 3.48. The number of rotatable bonds is 4. The van der Waals surface area contributed by atoms with E-state index in [9.17, 15) is 18.3 Å². The van der Waals surface area contributed by atoms with Crippen LogP contribution in [0.5, 0.6) is 5.75 Å². The quantitative estimate of drug-likeness (QED) is 0.583. The van der Waals surface area contributed by atoms with Crippen molar-refractivity contribution in [3.8, 4) is 11.4 Å². The molecule has 1 unspecified atom stereocenters. The molecule has 0 radical (unpaired) electrons. The Hall–Kier alpha value is -3.80. The van der Waals surface area contributed by atoms with Crippen LogP contribution in [0.15, 0.2) is 36.5 Å². The van der Waals surface area contributed by atoms with Gasteiger partial charge in [-0.2, -0.15) is 12.7 Å². The van der Waals surface area contributed by atoms with Crippen molar-refractivity contribution in [2.45, 2.75) is 33.2 Å². The highest BCUT2D eigenvalue weighted by Gasteiger charge is 2.46. The summed E-state index contributed by atoms with van der Waals surface area (Å²) in [6, 6.07) is 8.72. The third kappa shape index (κ3) is 3.64. The number of amides is 1. The van der Waals surface area contributed by atoms with Crippen molar-refractivity contribution in [2.75, 3.05) is 29.4 Å². The maximum absolute atomic E-state index is 12.8.